The number of alkyl halides is 1. The summed E-state index contributed by atoms with van der Waals surface area (Å²) in [7, 11) is 0. The van der Waals surface area contributed by atoms with Gasteiger partial charge in [0.2, 0.25) is 5.91 Å². The number of nitrogens with zero attached hydrogens (tertiary/aromatic N) is 3. The molecule has 0 aliphatic carbocycles. The summed E-state index contributed by atoms with van der Waals surface area (Å²) in [6, 6.07) is 2.28. The van der Waals surface area contributed by atoms with Crippen LogP contribution in [-0.2, 0) is 4.79 Å². The van der Waals surface area contributed by atoms with Gasteiger partial charge in [-0.1, -0.05) is 21.0 Å². The first kappa shape index (κ1) is 11.9. The molecule has 1 atom stereocenters. The third-order valence-corrected chi connectivity index (χ3v) is 4.40. The second-order valence-electron chi connectivity index (χ2n) is 4.13. The third kappa shape index (κ3) is 1.97. The lowest BCUT2D eigenvalue weighted by atomic mass is 10.3. The molecule has 1 fully saturated rings. The van der Waals surface area contributed by atoms with E-state index in [1.165, 1.54) is 4.90 Å². The van der Waals surface area contributed by atoms with Crippen LogP contribution in [-0.4, -0.2) is 27.5 Å². The van der Waals surface area contributed by atoms with E-state index in [2.05, 4.69) is 26.1 Å². The summed E-state index contributed by atoms with van der Waals surface area (Å²) in [5, 5.41) is 9.94. The number of thiophene rings is 1. The van der Waals surface area contributed by atoms with Gasteiger partial charge in [0.05, 0.1) is 4.88 Å². The second kappa shape index (κ2) is 4.47. The van der Waals surface area contributed by atoms with Gasteiger partial charge >= 0.3 is 6.01 Å². The first-order valence-corrected chi connectivity index (χ1v) is 7.27. The molecule has 3 heterocycles. The zero-order chi connectivity index (χ0) is 12.7. The minimum Gasteiger partial charge on any atom is -0.402 e. The van der Waals surface area contributed by atoms with Gasteiger partial charge in [-0.25, -0.2) is 0 Å². The highest BCUT2D eigenvalue weighted by atomic mass is 79.9. The number of hydrogen-bond donors (Lipinski definition) is 0. The van der Waals surface area contributed by atoms with Crippen molar-refractivity contribution in [3.63, 3.8) is 0 Å². The highest BCUT2D eigenvalue weighted by Crippen LogP contribution is 2.31. The van der Waals surface area contributed by atoms with Crippen LogP contribution in [0, 0.1) is 6.92 Å². The molecule has 1 aliphatic heterocycles. The predicted octanol–water partition coefficient (Wildman–Crippen LogP) is 2.61. The zero-order valence-corrected chi connectivity index (χ0v) is 12.0. The van der Waals surface area contributed by atoms with E-state index >= 15 is 0 Å². The Kier molecular flexibility index (Phi) is 2.95. The smallest absolute Gasteiger partial charge is 0.325 e. The molecule has 1 saturated heterocycles. The second-order valence-corrected chi connectivity index (χ2v) is 6.34. The molecule has 0 radical (unpaired) electrons. The Balaban J connectivity index is 1.91. The number of halogens is 1. The lowest BCUT2D eigenvalue weighted by Crippen LogP contribution is -2.24. The topological polar surface area (TPSA) is 59.2 Å². The number of carbonyl (C=O) groups excluding carboxylic acids is 1. The highest BCUT2D eigenvalue weighted by molar-refractivity contribution is 9.09. The van der Waals surface area contributed by atoms with Crippen LogP contribution in [0.15, 0.2) is 15.9 Å². The van der Waals surface area contributed by atoms with Crippen molar-refractivity contribution in [2.75, 3.05) is 11.4 Å². The molecule has 94 valence electrons. The maximum Gasteiger partial charge on any atom is 0.325 e. The summed E-state index contributed by atoms with van der Waals surface area (Å²) in [6.07, 6.45) is 0.468. The number of rotatable bonds is 2. The number of hydrogen-bond acceptors (Lipinski definition) is 5. The average molecular weight is 328 g/mol. The fraction of sp³-hybridized carbons (Fsp3) is 0.364. The normalized spacial score (nSPS) is 19.8. The van der Waals surface area contributed by atoms with Crippen molar-refractivity contribution >= 4 is 39.2 Å². The van der Waals surface area contributed by atoms with Crippen LogP contribution >= 0.6 is 27.3 Å². The molecule has 5 nitrogen and oxygen atoms in total. The highest BCUT2D eigenvalue weighted by Gasteiger charge is 2.32. The molecule has 1 unspecified atom stereocenters. The lowest BCUT2D eigenvalue weighted by Gasteiger charge is -2.08. The van der Waals surface area contributed by atoms with Crippen LogP contribution < -0.4 is 4.90 Å². The maximum atomic E-state index is 11.7. The molecular weight excluding hydrogens is 318 g/mol. The molecule has 7 heteroatoms. The summed E-state index contributed by atoms with van der Waals surface area (Å²) in [5.74, 6) is 0.485. The van der Waals surface area contributed by atoms with Crippen LogP contribution in [0.4, 0.5) is 6.01 Å². The monoisotopic (exact) mass is 327 g/mol. The van der Waals surface area contributed by atoms with Crippen LogP contribution in [0.1, 0.15) is 12.0 Å². The van der Waals surface area contributed by atoms with Crippen molar-refractivity contribution in [3.8, 4) is 10.8 Å². The molecule has 0 aromatic carbocycles. The van der Waals surface area contributed by atoms with Crippen LogP contribution in [0.5, 0.6) is 0 Å². The fourth-order valence-electron chi connectivity index (χ4n) is 1.86. The number of amides is 1. The van der Waals surface area contributed by atoms with Gasteiger partial charge in [-0.3, -0.25) is 9.69 Å². The quantitative estimate of drug-likeness (QED) is 0.795. The standard InChI is InChI=1S/C11H10BrN3O2S/c1-6-2-3-18-9(6)10-13-14-11(17-10)15-5-7(12)4-8(15)16/h2-3,7H,4-5H2,1H3. The Bertz CT molecular complexity index is 595. The van der Waals surface area contributed by atoms with E-state index in [0.29, 0.717) is 18.9 Å². The van der Waals surface area contributed by atoms with Crippen molar-refractivity contribution in [2.24, 2.45) is 0 Å². The van der Waals surface area contributed by atoms with E-state index in [1.807, 2.05) is 18.4 Å². The minimum absolute atomic E-state index is 0.00924. The Morgan fingerprint density at radius 3 is 3.00 bits per heavy atom. The molecule has 18 heavy (non-hydrogen) atoms. The van der Waals surface area contributed by atoms with Crippen molar-refractivity contribution in [3.05, 3.63) is 17.0 Å². The van der Waals surface area contributed by atoms with E-state index in [4.69, 9.17) is 4.42 Å². The van der Waals surface area contributed by atoms with Gasteiger partial charge in [0.25, 0.3) is 5.89 Å². The maximum absolute atomic E-state index is 11.7. The SMILES string of the molecule is Cc1ccsc1-c1nnc(N2CC(Br)CC2=O)o1. The number of anilines is 1. The molecule has 2 aromatic rings. The fourth-order valence-corrected chi connectivity index (χ4v) is 3.27. The van der Waals surface area contributed by atoms with Gasteiger partial charge in [-0.05, 0) is 23.9 Å². The third-order valence-electron chi connectivity index (χ3n) is 2.78. The summed E-state index contributed by atoms with van der Waals surface area (Å²) >= 11 is 4.97. The van der Waals surface area contributed by atoms with Gasteiger partial charge in [-0.2, -0.15) is 0 Å². The van der Waals surface area contributed by atoms with Gasteiger partial charge in [0.1, 0.15) is 0 Å². The molecule has 0 saturated carbocycles. The first-order valence-electron chi connectivity index (χ1n) is 5.47. The summed E-state index contributed by atoms with van der Waals surface area (Å²) in [6.45, 7) is 2.56. The Morgan fingerprint density at radius 1 is 1.56 bits per heavy atom. The van der Waals surface area contributed by atoms with Gasteiger partial charge in [-0.15, -0.1) is 16.4 Å². The minimum atomic E-state index is 0.00924. The van der Waals surface area contributed by atoms with Crippen LogP contribution in [0.3, 0.4) is 0 Å². The lowest BCUT2D eigenvalue weighted by molar-refractivity contribution is -0.117. The summed E-state index contributed by atoms with van der Waals surface area (Å²) in [5.41, 5.74) is 1.10. The Hall–Kier alpha value is -1.21. The van der Waals surface area contributed by atoms with Crippen molar-refractivity contribution in [2.45, 2.75) is 18.2 Å². The number of carbonyl (C=O) groups is 1. The first-order chi connectivity index (χ1) is 8.65. The molecule has 1 amide bonds. The van der Waals surface area contributed by atoms with Crippen LogP contribution in [0.25, 0.3) is 10.8 Å². The van der Waals surface area contributed by atoms with Crippen LogP contribution in [0.2, 0.25) is 0 Å². The van der Waals surface area contributed by atoms with E-state index in [0.717, 1.165) is 10.4 Å². The molecular formula is C11H10BrN3O2S. The summed E-state index contributed by atoms with van der Waals surface area (Å²) < 4.78 is 5.58. The van der Waals surface area contributed by atoms with E-state index in [9.17, 15) is 4.79 Å². The Labute approximate surface area is 116 Å². The van der Waals surface area contributed by atoms with E-state index in [-0.39, 0.29) is 16.7 Å². The van der Waals surface area contributed by atoms with Gasteiger partial charge in [0.15, 0.2) is 0 Å². The molecule has 2 aromatic heterocycles. The van der Waals surface area contributed by atoms with Gasteiger partial charge < -0.3 is 4.42 Å². The van der Waals surface area contributed by atoms with E-state index < -0.39 is 0 Å². The van der Waals surface area contributed by atoms with Crippen molar-refractivity contribution < 1.29 is 9.21 Å². The molecule has 0 spiro atoms. The molecule has 0 bridgehead atoms. The molecule has 3 rings (SSSR count). The molecule has 1 aliphatic rings. The molecule has 0 N–H and O–H groups in total. The largest absolute Gasteiger partial charge is 0.402 e. The summed E-state index contributed by atoms with van der Waals surface area (Å²) in [4.78, 5) is 14.4. The van der Waals surface area contributed by atoms with Crippen molar-refractivity contribution in [1.29, 1.82) is 0 Å². The zero-order valence-electron chi connectivity index (χ0n) is 9.59. The van der Waals surface area contributed by atoms with Gasteiger partial charge in [0, 0.05) is 17.8 Å². The average Bonchev–Trinajstić information content (AvgIpc) is 2.98. The predicted molar refractivity (Wildman–Crippen MR) is 72.0 cm³/mol. The van der Waals surface area contributed by atoms with E-state index in [1.54, 1.807) is 11.3 Å². The number of aromatic nitrogens is 2. The Morgan fingerprint density at radius 2 is 2.39 bits per heavy atom. The number of aryl methyl sites for hydroxylation is 1. The van der Waals surface area contributed by atoms with Crippen molar-refractivity contribution in [1.82, 2.24) is 10.2 Å².